The number of hydrogen-bond donors (Lipinski definition) is 2. The Morgan fingerprint density at radius 2 is 0.885 bits per heavy atom. The topological polar surface area (TPSA) is 269 Å². The number of hydrogen-bond acceptors (Lipinski definition) is 12. The van der Waals surface area contributed by atoms with Crippen LogP contribution in [0.15, 0.2) is 0 Å². The summed E-state index contributed by atoms with van der Waals surface area (Å²) in [5, 5.41) is 34.5. The van der Waals surface area contributed by atoms with E-state index in [4.69, 9.17) is 9.11 Å². The van der Waals surface area contributed by atoms with E-state index in [1.54, 1.807) is 0 Å². The standard InChI is InChI=1S/2C4H6O7S.Na.P/c2*5-3(6)1-2(4(7)8)12(9,10)11;;/h2*2H,1H2,(H,5,6)(H,7,8)(H,9,10,11);;/q;;+1;+3/p-4. The van der Waals surface area contributed by atoms with E-state index < -0.39 is 67.5 Å². The largest absolute Gasteiger partial charge is 3.00 e. The third kappa shape index (κ3) is 15.4. The fraction of sp³-hybridized carbons (Fsp3) is 0.500. The molecule has 2 atom stereocenters. The Bertz CT molecular complexity index is 651. The van der Waals surface area contributed by atoms with Gasteiger partial charge in [0.25, 0.3) is 20.2 Å². The van der Waals surface area contributed by atoms with Gasteiger partial charge < -0.3 is 39.6 Å². The van der Waals surface area contributed by atoms with Crippen LogP contribution < -0.4 is 50.0 Å². The monoisotopic (exact) mass is 446 g/mol. The van der Waals surface area contributed by atoms with Gasteiger partial charge >= 0.3 is 39.5 Å². The van der Waals surface area contributed by atoms with Gasteiger partial charge in [0.1, 0.15) is 10.5 Å². The van der Waals surface area contributed by atoms with Crippen molar-refractivity contribution in [2.75, 3.05) is 0 Å². The first kappa shape index (κ1) is 32.8. The molecule has 0 saturated heterocycles. The van der Waals surface area contributed by atoms with Gasteiger partial charge in [0.05, 0.1) is 11.9 Å². The summed E-state index contributed by atoms with van der Waals surface area (Å²) in [6.45, 7) is 0. The van der Waals surface area contributed by atoms with Crippen molar-refractivity contribution in [3.8, 4) is 0 Å². The smallest absolute Gasteiger partial charge is 0.550 e. The number of aliphatic carboxylic acids is 4. The van der Waals surface area contributed by atoms with Crippen molar-refractivity contribution < 1.29 is 95.1 Å². The van der Waals surface area contributed by atoms with Gasteiger partial charge in [0.15, 0.2) is 0 Å². The molecule has 0 bridgehead atoms. The third-order valence-corrected chi connectivity index (χ3v) is 4.11. The van der Waals surface area contributed by atoms with E-state index in [9.17, 15) is 56.4 Å². The average Bonchev–Trinajstić information content (AvgIpc) is 2.30. The molecule has 0 spiro atoms. The van der Waals surface area contributed by atoms with Crippen LogP contribution in [0, 0.1) is 0 Å². The first-order chi connectivity index (χ1) is 10.5. The summed E-state index contributed by atoms with van der Waals surface area (Å²) < 4.78 is 56.9. The molecule has 0 fully saturated rings. The van der Waals surface area contributed by atoms with E-state index in [0.29, 0.717) is 0 Å². The molecule has 0 aliphatic carbocycles. The molecule has 0 saturated carbocycles. The molecule has 2 radical (unpaired) electrons. The van der Waals surface area contributed by atoms with E-state index in [2.05, 4.69) is 0 Å². The van der Waals surface area contributed by atoms with Crippen LogP contribution in [-0.2, 0) is 39.4 Å². The number of rotatable bonds is 8. The van der Waals surface area contributed by atoms with Gasteiger partial charge in [0, 0.05) is 24.8 Å². The zero-order valence-corrected chi connectivity index (χ0v) is 17.2. The van der Waals surface area contributed by atoms with Gasteiger partial charge in [-0.25, -0.2) is 0 Å². The zero-order chi connectivity index (χ0) is 19.9. The molecular weight excluding hydrogens is 438 g/mol. The van der Waals surface area contributed by atoms with Crippen LogP contribution in [-0.4, -0.2) is 60.3 Å². The van der Waals surface area contributed by atoms with E-state index in [-0.39, 0.29) is 39.5 Å². The molecule has 0 aliphatic heterocycles. The van der Waals surface area contributed by atoms with Crippen molar-refractivity contribution in [1.29, 1.82) is 0 Å². The summed E-state index contributed by atoms with van der Waals surface area (Å²) in [6, 6.07) is 0. The Morgan fingerprint density at radius 3 is 0.923 bits per heavy atom. The van der Waals surface area contributed by atoms with Crippen molar-refractivity contribution >= 4 is 54.0 Å². The molecule has 14 nitrogen and oxygen atoms in total. The van der Waals surface area contributed by atoms with Crippen molar-refractivity contribution in [3.63, 3.8) is 0 Å². The van der Waals surface area contributed by atoms with E-state index in [1.165, 1.54) is 0 Å². The maximum Gasteiger partial charge on any atom is 3.00 e. The molecule has 0 aromatic rings. The molecule has 0 rings (SSSR count). The van der Waals surface area contributed by atoms with Crippen LogP contribution >= 0.6 is 9.90 Å². The Morgan fingerprint density at radius 1 is 0.692 bits per heavy atom. The molecule has 0 heterocycles. The number of carboxylic acid groups (broad SMARTS) is 4. The summed E-state index contributed by atoms with van der Waals surface area (Å²) in [5.74, 6) is -8.16. The summed E-state index contributed by atoms with van der Waals surface area (Å²) in [7, 11) is -9.88. The van der Waals surface area contributed by atoms with Gasteiger partial charge in [-0.15, -0.1) is 0 Å². The molecule has 2 unspecified atom stereocenters. The minimum Gasteiger partial charge on any atom is -0.550 e. The van der Waals surface area contributed by atoms with Gasteiger partial charge in [-0.05, 0) is 0 Å². The SMILES string of the molecule is O=C([O-])CC(C(=O)[O-])S(=O)(=O)O.O=C([O-])CC(C(=O)[O-])S(=O)(=O)O.[Na+].[P+3]. The number of carboxylic acids is 4. The molecule has 2 N–H and O–H groups in total. The molecule has 142 valence electrons. The van der Waals surface area contributed by atoms with Crippen LogP contribution in [0.2, 0.25) is 0 Å². The third-order valence-electron chi connectivity index (χ3n) is 1.95. The van der Waals surface area contributed by atoms with Crippen molar-refractivity contribution in [3.05, 3.63) is 0 Å². The molecule has 0 amide bonds. The molecule has 0 aliphatic rings. The van der Waals surface area contributed by atoms with Gasteiger partial charge in [-0.2, -0.15) is 16.8 Å². The first-order valence-electron chi connectivity index (χ1n) is 5.24. The Hall–Kier alpha value is -0.870. The Labute approximate surface area is 172 Å². The summed E-state index contributed by atoms with van der Waals surface area (Å²) in [4.78, 5) is 39.4. The van der Waals surface area contributed by atoms with E-state index >= 15 is 0 Å². The molecule has 0 aromatic carbocycles. The maximum atomic E-state index is 10.2. The van der Waals surface area contributed by atoms with E-state index in [1.807, 2.05) is 0 Å². The van der Waals surface area contributed by atoms with Crippen molar-refractivity contribution in [2.45, 2.75) is 23.3 Å². The fourth-order valence-electron chi connectivity index (χ4n) is 0.923. The second kappa shape index (κ2) is 13.3. The maximum absolute atomic E-state index is 10.2. The second-order valence-electron chi connectivity index (χ2n) is 3.80. The van der Waals surface area contributed by atoms with E-state index in [0.717, 1.165) is 0 Å². The Kier molecular flexibility index (Phi) is 16.8. The number of carbonyl (C=O) groups excluding carboxylic acids is 4. The summed E-state index contributed by atoms with van der Waals surface area (Å²) in [6.07, 6.45) is -2.66. The van der Waals surface area contributed by atoms with Gasteiger partial charge in [-0.1, -0.05) is 0 Å². The minimum absolute atomic E-state index is 0. The second-order valence-corrected chi connectivity index (χ2v) is 7.00. The van der Waals surface area contributed by atoms with Crippen LogP contribution in [0.5, 0.6) is 0 Å². The van der Waals surface area contributed by atoms with Crippen molar-refractivity contribution in [1.82, 2.24) is 0 Å². The van der Waals surface area contributed by atoms with Crippen LogP contribution in [0.1, 0.15) is 12.8 Å². The molecule has 18 heteroatoms. The minimum atomic E-state index is -4.94. The molecule has 0 aromatic heterocycles. The quantitative estimate of drug-likeness (QED) is 0.199. The normalized spacial score (nSPS) is 12.7. The number of carbonyl (C=O) groups is 4. The van der Waals surface area contributed by atoms with Crippen LogP contribution in [0.4, 0.5) is 0 Å². The molecule has 26 heavy (non-hydrogen) atoms. The molecular formula is C8H8NaO14PS2. The predicted molar refractivity (Wildman–Crippen MR) is 66.9 cm³/mol. The predicted octanol–water partition coefficient (Wildman–Crippen LogP) is -9.87. The average molecular weight is 446 g/mol. The summed E-state index contributed by atoms with van der Waals surface area (Å²) >= 11 is 0. The zero-order valence-electron chi connectivity index (χ0n) is 12.6. The van der Waals surface area contributed by atoms with Crippen LogP contribution in [0.3, 0.4) is 0 Å². The van der Waals surface area contributed by atoms with Gasteiger partial charge in [0.2, 0.25) is 0 Å². The van der Waals surface area contributed by atoms with Gasteiger partial charge in [-0.3, -0.25) is 9.11 Å². The van der Waals surface area contributed by atoms with Crippen LogP contribution in [0.25, 0.3) is 0 Å². The Balaban J connectivity index is -0.000000173. The fourth-order valence-corrected chi connectivity index (χ4v) is 2.10. The van der Waals surface area contributed by atoms with Crippen molar-refractivity contribution in [2.24, 2.45) is 0 Å². The summed E-state index contributed by atoms with van der Waals surface area (Å²) in [5.41, 5.74) is 0. The first-order valence-corrected chi connectivity index (χ1v) is 8.24.